The fourth-order valence-corrected chi connectivity index (χ4v) is 10.2. The molecule has 0 fully saturated rings. The highest BCUT2D eigenvalue weighted by Crippen LogP contribution is 2.53. The van der Waals surface area contributed by atoms with E-state index in [9.17, 15) is 0 Å². The van der Waals surface area contributed by atoms with Gasteiger partial charge in [0.2, 0.25) is 0 Å². The van der Waals surface area contributed by atoms with Crippen LogP contribution in [0.15, 0.2) is 164 Å². The van der Waals surface area contributed by atoms with Crippen molar-refractivity contribution in [2.24, 2.45) is 0 Å². The van der Waals surface area contributed by atoms with E-state index in [4.69, 9.17) is 0 Å². The van der Waals surface area contributed by atoms with Crippen LogP contribution in [0.25, 0.3) is 56.0 Å². The summed E-state index contributed by atoms with van der Waals surface area (Å²) in [7, 11) is 0. The smallest absolute Gasteiger partial charge is 0.0538 e. The van der Waals surface area contributed by atoms with E-state index < -0.39 is 0 Å². The highest BCUT2D eigenvalue weighted by Gasteiger charge is 2.37. The van der Waals surface area contributed by atoms with Crippen LogP contribution in [0.1, 0.15) is 67.6 Å². The molecule has 0 radical (unpaired) electrons. The first-order valence-electron chi connectivity index (χ1n) is 20.1. The number of rotatable bonds is 5. The van der Waals surface area contributed by atoms with Gasteiger partial charge in [-0.25, -0.2) is 0 Å². The number of anilines is 3. The Bertz CT molecular complexity index is 2790. The summed E-state index contributed by atoms with van der Waals surface area (Å²) in [4.78, 5) is 2.47. The van der Waals surface area contributed by atoms with Crippen molar-refractivity contribution in [2.45, 2.75) is 51.4 Å². The van der Waals surface area contributed by atoms with Crippen molar-refractivity contribution in [1.82, 2.24) is 4.57 Å². The fraction of sp³-hybridized carbons (Fsp3) is 0.148. The summed E-state index contributed by atoms with van der Waals surface area (Å²) < 4.78 is 2.46. The Morgan fingerprint density at radius 3 is 1.64 bits per heavy atom. The number of fused-ring (bicyclic) bond motifs is 9. The second-order valence-electron chi connectivity index (χ2n) is 16.9. The van der Waals surface area contributed by atoms with Crippen LogP contribution in [0.3, 0.4) is 0 Å². The van der Waals surface area contributed by atoms with Gasteiger partial charge in [0.05, 0.1) is 5.52 Å². The van der Waals surface area contributed by atoms with Gasteiger partial charge in [-0.15, -0.1) is 0 Å². The number of hydrogen-bond acceptors (Lipinski definition) is 1. The molecule has 2 nitrogen and oxygen atoms in total. The van der Waals surface area contributed by atoms with Crippen molar-refractivity contribution in [2.75, 3.05) is 4.90 Å². The minimum Gasteiger partial charge on any atom is -0.313 e. The largest absolute Gasteiger partial charge is 0.313 e. The van der Waals surface area contributed by atoms with Gasteiger partial charge in [0.15, 0.2) is 0 Å². The average molecular weight is 721 g/mol. The minimum absolute atomic E-state index is 0.0917. The van der Waals surface area contributed by atoms with Crippen LogP contribution in [-0.2, 0) is 17.3 Å². The maximum atomic E-state index is 2.47. The van der Waals surface area contributed by atoms with Gasteiger partial charge in [-0.2, -0.15) is 0 Å². The highest BCUT2D eigenvalue weighted by atomic mass is 15.1. The Morgan fingerprint density at radius 1 is 0.482 bits per heavy atom. The van der Waals surface area contributed by atoms with E-state index >= 15 is 0 Å². The standard InChI is InChI=1S/C54H44N2/c1-53(2)47-19-11-8-16-41(47)43-29-27-39(33-49(43)53)55(40-28-30-44-42-17-9-12-20-48(42)54(3,4)50(44)34-40)38-25-22-35(23-26-38)36-24-31-52-46(32-36)45-18-10-13-21-51(45)56(52)37-14-6-5-7-15-37/h5-12,14-20,22-34H,13,21H2,1-4H3. The number of aromatic nitrogens is 1. The van der Waals surface area contributed by atoms with Crippen LogP contribution in [0, 0.1) is 0 Å². The molecule has 0 spiro atoms. The third-order valence-corrected chi connectivity index (χ3v) is 13.1. The van der Waals surface area contributed by atoms with Gasteiger partial charge in [0.25, 0.3) is 0 Å². The molecule has 56 heavy (non-hydrogen) atoms. The molecular weight excluding hydrogens is 677 g/mol. The molecular formula is C54H44N2. The molecule has 3 aliphatic carbocycles. The molecule has 0 atom stereocenters. The average Bonchev–Trinajstić information content (AvgIpc) is 3.78. The number of allylic oxidation sites excluding steroid dienone is 1. The Balaban J connectivity index is 1.04. The molecule has 270 valence electrons. The van der Waals surface area contributed by atoms with Crippen molar-refractivity contribution >= 4 is 34.0 Å². The lowest BCUT2D eigenvalue weighted by Crippen LogP contribution is -2.18. The molecule has 0 saturated carbocycles. The number of hydrogen-bond donors (Lipinski definition) is 0. The Morgan fingerprint density at radius 2 is 1.02 bits per heavy atom. The molecule has 11 rings (SSSR count). The molecule has 0 amide bonds. The molecule has 1 aromatic heterocycles. The summed E-state index contributed by atoms with van der Waals surface area (Å²) in [5.74, 6) is 0. The predicted octanol–water partition coefficient (Wildman–Crippen LogP) is 14.3. The molecule has 0 N–H and O–H groups in total. The highest BCUT2D eigenvalue weighted by molar-refractivity contribution is 5.96. The van der Waals surface area contributed by atoms with Gasteiger partial charge in [-0.05, 0) is 129 Å². The van der Waals surface area contributed by atoms with Crippen LogP contribution < -0.4 is 4.90 Å². The summed E-state index contributed by atoms with van der Waals surface area (Å²) in [5.41, 5.74) is 21.9. The summed E-state index contributed by atoms with van der Waals surface area (Å²) in [6, 6.07) is 59.1. The zero-order valence-corrected chi connectivity index (χ0v) is 32.5. The number of para-hydroxylation sites is 1. The molecule has 0 unspecified atom stereocenters. The van der Waals surface area contributed by atoms with Gasteiger partial charge >= 0.3 is 0 Å². The molecule has 8 aromatic rings. The van der Waals surface area contributed by atoms with Crippen LogP contribution in [0.5, 0.6) is 0 Å². The first kappa shape index (κ1) is 33.0. The summed E-state index contributed by atoms with van der Waals surface area (Å²) >= 11 is 0. The number of nitrogens with zero attached hydrogens (tertiary/aromatic N) is 2. The van der Waals surface area contributed by atoms with E-state index in [1.54, 1.807) is 0 Å². The number of benzene rings is 7. The zero-order chi connectivity index (χ0) is 37.8. The van der Waals surface area contributed by atoms with Crippen molar-refractivity contribution in [3.63, 3.8) is 0 Å². The van der Waals surface area contributed by atoms with Crippen LogP contribution in [-0.4, -0.2) is 4.57 Å². The third-order valence-electron chi connectivity index (χ3n) is 13.1. The van der Waals surface area contributed by atoms with E-state index in [0.717, 1.165) is 18.5 Å². The quantitative estimate of drug-likeness (QED) is 0.172. The monoisotopic (exact) mass is 720 g/mol. The second kappa shape index (κ2) is 12.1. The van der Waals surface area contributed by atoms with Crippen molar-refractivity contribution in [3.05, 3.63) is 197 Å². The first-order valence-corrected chi connectivity index (χ1v) is 20.1. The van der Waals surface area contributed by atoms with Crippen LogP contribution >= 0.6 is 0 Å². The fourth-order valence-electron chi connectivity index (χ4n) is 10.2. The maximum Gasteiger partial charge on any atom is 0.0538 e. The molecule has 2 heteroatoms. The zero-order valence-electron chi connectivity index (χ0n) is 32.5. The summed E-state index contributed by atoms with van der Waals surface area (Å²) in [6.07, 6.45) is 6.78. The molecule has 7 aromatic carbocycles. The summed E-state index contributed by atoms with van der Waals surface area (Å²) in [6.45, 7) is 9.47. The van der Waals surface area contributed by atoms with E-state index in [1.807, 2.05) is 0 Å². The van der Waals surface area contributed by atoms with Crippen molar-refractivity contribution < 1.29 is 0 Å². The molecule has 0 saturated heterocycles. The first-order chi connectivity index (χ1) is 27.3. The minimum atomic E-state index is -0.0917. The predicted molar refractivity (Wildman–Crippen MR) is 236 cm³/mol. The molecule has 3 aliphatic rings. The second-order valence-corrected chi connectivity index (χ2v) is 16.9. The van der Waals surface area contributed by atoms with Gasteiger partial charge in [0, 0.05) is 50.2 Å². The lowest BCUT2D eigenvalue weighted by molar-refractivity contribution is 0.660. The Hall–Kier alpha value is -6.38. The van der Waals surface area contributed by atoms with Crippen LogP contribution in [0.4, 0.5) is 17.1 Å². The van der Waals surface area contributed by atoms with Gasteiger partial charge in [-0.1, -0.05) is 137 Å². The van der Waals surface area contributed by atoms with Crippen molar-refractivity contribution in [1.29, 1.82) is 0 Å². The summed E-state index contributed by atoms with van der Waals surface area (Å²) in [5, 5.41) is 1.31. The van der Waals surface area contributed by atoms with Gasteiger partial charge in [-0.3, -0.25) is 0 Å². The topological polar surface area (TPSA) is 8.17 Å². The van der Waals surface area contributed by atoms with Gasteiger partial charge < -0.3 is 9.47 Å². The molecule has 1 heterocycles. The van der Waals surface area contributed by atoms with Crippen LogP contribution in [0.2, 0.25) is 0 Å². The normalized spacial score (nSPS) is 15.2. The van der Waals surface area contributed by atoms with Gasteiger partial charge in [0.1, 0.15) is 0 Å². The lowest BCUT2D eigenvalue weighted by atomic mass is 9.82. The van der Waals surface area contributed by atoms with Crippen molar-refractivity contribution in [3.8, 4) is 39.1 Å². The van der Waals surface area contributed by atoms with E-state index in [1.165, 1.54) is 94.9 Å². The SMILES string of the molecule is CC1(C)c2ccccc2-c2ccc(N(c3ccc(-c4ccc5c(c4)c4c(n5-c5ccccc5)CCC=C4)cc3)c3ccc4c(c3)C(C)(C)c3ccccc3-4)cc21. The Kier molecular flexibility index (Phi) is 7.11. The van der Waals surface area contributed by atoms with E-state index in [-0.39, 0.29) is 10.8 Å². The Labute approximate surface area is 330 Å². The molecule has 0 bridgehead atoms. The van der Waals surface area contributed by atoms with E-state index in [2.05, 4.69) is 207 Å². The third kappa shape index (κ3) is 4.75. The maximum absolute atomic E-state index is 2.47. The van der Waals surface area contributed by atoms with E-state index in [0.29, 0.717) is 0 Å². The molecule has 0 aliphatic heterocycles. The lowest BCUT2D eigenvalue weighted by Gasteiger charge is -2.30.